The molecule has 2 heteroatoms. The minimum atomic E-state index is 0.664. The van der Waals surface area contributed by atoms with E-state index in [4.69, 9.17) is 0 Å². The average molecular weight is 198 g/mol. The van der Waals surface area contributed by atoms with Crippen LogP contribution in [0.2, 0.25) is 0 Å². The molecule has 1 heterocycles. The van der Waals surface area contributed by atoms with Crippen molar-refractivity contribution < 1.29 is 0 Å². The van der Waals surface area contributed by atoms with E-state index in [1.165, 1.54) is 32.4 Å². The first kappa shape index (κ1) is 12.0. The molecule has 1 aliphatic rings. The molecule has 1 fully saturated rings. The summed E-state index contributed by atoms with van der Waals surface area (Å²) in [5.74, 6) is 0. The Morgan fingerprint density at radius 3 is 1.86 bits per heavy atom. The van der Waals surface area contributed by atoms with Crippen LogP contribution in [0.15, 0.2) is 0 Å². The first-order valence-corrected chi connectivity index (χ1v) is 6.09. The second-order valence-electron chi connectivity index (χ2n) is 5.02. The molecule has 84 valence electrons. The molecule has 0 saturated carbocycles. The minimum Gasteiger partial charge on any atom is -0.290 e. The van der Waals surface area contributed by atoms with Gasteiger partial charge in [-0.05, 0) is 53.6 Å². The normalized spacial score (nSPS) is 19.9. The van der Waals surface area contributed by atoms with Gasteiger partial charge >= 0.3 is 0 Å². The highest BCUT2D eigenvalue weighted by atomic mass is 15.3. The van der Waals surface area contributed by atoms with Gasteiger partial charge in [-0.15, -0.1) is 0 Å². The molecule has 0 atom stereocenters. The molecule has 2 nitrogen and oxygen atoms in total. The molecule has 1 aliphatic heterocycles. The van der Waals surface area contributed by atoms with Gasteiger partial charge in [0.1, 0.15) is 0 Å². The summed E-state index contributed by atoms with van der Waals surface area (Å²) in [6.45, 7) is 12.9. The lowest BCUT2D eigenvalue weighted by atomic mass is 10.1. The quantitative estimate of drug-likeness (QED) is 0.685. The summed E-state index contributed by atoms with van der Waals surface area (Å²) in [4.78, 5) is 5.18. The molecular formula is C12H26N2. The van der Waals surface area contributed by atoms with Crippen molar-refractivity contribution in [3.05, 3.63) is 0 Å². The monoisotopic (exact) mass is 198 g/mol. The van der Waals surface area contributed by atoms with Crippen molar-refractivity contribution in [2.45, 2.75) is 59.0 Å². The lowest BCUT2D eigenvalue weighted by Gasteiger charge is -2.37. The van der Waals surface area contributed by atoms with Crippen molar-refractivity contribution >= 4 is 0 Å². The maximum absolute atomic E-state index is 2.60. The molecule has 0 unspecified atom stereocenters. The van der Waals surface area contributed by atoms with Crippen LogP contribution in [0.3, 0.4) is 0 Å². The van der Waals surface area contributed by atoms with Gasteiger partial charge in [-0.1, -0.05) is 6.42 Å². The zero-order valence-electron chi connectivity index (χ0n) is 10.3. The summed E-state index contributed by atoms with van der Waals surface area (Å²) in [7, 11) is 0. The Morgan fingerprint density at radius 2 is 1.43 bits per heavy atom. The molecule has 0 spiro atoms. The minimum absolute atomic E-state index is 0.664. The predicted molar refractivity (Wildman–Crippen MR) is 62.4 cm³/mol. The van der Waals surface area contributed by atoms with Gasteiger partial charge in [0.2, 0.25) is 0 Å². The highest BCUT2D eigenvalue weighted by molar-refractivity contribution is 4.70. The van der Waals surface area contributed by atoms with E-state index in [0.717, 1.165) is 6.67 Å². The Balaban J connectivity index is 2.37. The van der Waals surface area contributed by atoms with Gasteiger partial charge in [-0.2, -0.15) is 0 Å². The van der Waals surface area contributed by atoms with Crippen molar-refractivity contribution in [3.8, 4) is 0 Å². The molecule has 1 rings (SSSR count). The fraction of sp³-hybridized carbons (Fsp3) is 1.00. The smallest absolute Gasteiger partial charge is 0.0511 e. The molecule has 1 saturated heterocycles. The van der Waals surface area contributed by atoms with E-state index >= 15 is 0 Å². The molecular weight excluding hydrogens is 172 g/mol. The number of piperidine rings is 1. The maximum atomic E-state index is 2.60. The third-order valence-corrected chi connectivity index (χ3v) is 3.14. The number of hydrogen-bond acceptors (Lipinski definition) is 2. The third kappa shape index (κ3) is 3.58. The van der Waals surface area contributed by atoms with Crippen LogP contribution in [0.4, 0.5) is 0 Å². The largest absolute Gasteiger partial charge is 0.290 e. The summed E-state index contributed by atoms with van der Waals surface area (Å²) in [6, 6.07) is 1.33. The van der Waals surface area contributed by atoms with Gasteiger partial charge in [-0.3, -0.25) is 9.80 Å². The van der Waals surface area contributed by atoms with E-state index < -0.39 is 0 Å². The molecule has 14 heavy (non-hydrogen) atoms. The van der Waals surface area contributed by atoms with Crippen molar-refractivity contribution in [1.82, 2.24) is 9.80 Å². The highest BCUT2D eigenvalue weighted by Gasteiger charge is 2.18. The van der Waals surface area contributed by atoms with Crippen LogP contribution in [0.25, 0.3) is 0 Å². The Labute approximate surface area is 89.3 Å². The van der Waals surface area contributed by atoms with Crippen LogP contribution in [0.1, 0.15) is 47.0 Å². The zero-order valence-corrected chi connectivity index (χ0v) is 10.3. The topological polar surface area (TPSA) is 6.48 Å². The van der Waals surface area contributed by atoms with Crippen LogP contribution in [0, 0.1) is 0 Å². The van der Waals surface area contributed by atoms with Gasteiger partial charge in [0.15, 0.2) is 0 Å². The van der Waals surface area contributed by atoms with Gasteiger partial charge in [-0.25, -0.2) is 0 Å². The number of nitrogens with zero attached hydrogens (tertiary/aromatic N) is 2. The predicted octanol–water partition coefficient (Wildman–Crippen LogP) is 2.55. The number of rotatable bonds is 4. The lowest BCUT2D eigenvalue weighted by Crippen LogP contribution is -2.46. The van der Waals surface area contributed by atoms with Crippen molar-refractivity contribution in [2.24, 2.45) is 0 Å². The summed E-state index contributed by atoms with van der Waals surface area (Å²) in [6.07, 6.45) is 4.22. The van der Waals surface area contributed by atoms with Crippen LogP contribution in [-0.2, 0) is 0 Å². The Hall–Kier alpha value is -0.0800. The van der Waals surface area contributed by atoms with Gasteiger partial charge in [0.25, 0.3) is 0 Å². The Bertz CT molecular complexity index is 140. The molecule has 0 aromatic rings. The molecule has 0 radical (unpaired) electrons. The van der Waals surface area contributed by atoms with Crippen LogP contribution < -0.4 is 0 Å². The second kappa shape index (κ2) is 5.72. The Kier molecular flexibility index (Phi) is 4.90. The molecule has 0 aliphatic carbocycles. The van der Waals surface area contributed by atoms with Crippen molar-refractivity contribution in [1.29, 1.82) is 0 Å². The number of likely N-dealkylation sites (tertiary alicyclic amines) is 1. The van der Waals surface area contributed by atoms with Crippen molar-refractivity contribution in [3.63, 3.8) is 0 Å². The molecule has 0 bridgehead atoms. The lowest BCUT2D eigenvalue weighted by molar-refractivity contribution is 0.0665. The molecule has 0 N–H and O–H groups in total. The SMILES string of the molecule is CC(C)N(CN1CCCCC1)C(C)C. The van der Waals surface area contributed by atoms with E-state index in [2.05, 4.69) is 37.5 Å². The van der Waals surface area contributed by atoms with E-state index in [-0.39, 0.29) is 0 Å². The highest BCUT2D eigenvalue weighted by Crippen LogP contribution is 2.12. The van der Waals surface area contributed by atoms with Crippen LogP contribution in [0.5, 0.6) is 0 Å². The molecule has 0 aromatic carbocycles. The third-order valence-electron chi connectivity index (χ3n) is 3.14. The fourth-order valence-electron chi connectivity index (χ4n) is 2.25. The summed E-state index contributed by atoms with van der Waals surface area (Å²) in [5, 5.41) is 0. The second-order valence-corrected chi connectivity index (χ2v) is 5.02. The summed E-state index contributed by atoms with van der Waals surface area (Å²) < 4.78 is 0. The fourth-order valence-corrected chi connectivity index (χ4v) is 2.25. The Morgan fingerprint density at radius 1 is 0.929 bits per heavy atom. The standard InChI is InChI=1S/C12H26N2/c1-11(2)14(12(3)4)10-13-8-6-5-7-9-13/h11-12H,5-10H2,1-4H3. The van der Waals surface area contributed by atoms with Crippen molar-refractivity contribution in [2.75, 3.05) is 19.8 Å². The van der Waals surface area contributed by atoms with E-state index in [1.54, 1.807) is 0 Å². The van der Waals surface area contributed by atoms with Crippen LogP contribution >= 0.6 is 0 Å². The average Bonchev–Trinajstić information content (AvgIpc) is 2.15. The first-order valence-electron chi connectivity index (χ1n) is 6.09. The van der Waals surface area contributed by atoms with Crippen LogP contribution in [-0.4, -0.2) is 41.6 Å². The summed E-state index contributed by atoms with van der Waals surface area (Å²) in [5.41, 5.74) is 0. The zero-order chi connectivity index (χ0) is 10.6. The van der Waals surface area contributed by atoms with E-state index in [1.807, 2.05) is 0 Å². The van der Waals surface area contributed by atoms with Gasteiger partial charge in [0, 0.05) is 12.1 Å². The van der Waals surface area contributed by atoms with Gasteiger partial charge < -0.3 is 0 Å². The van der Waals surface area contributed by atoms with E-state index in [9.17, 15) is 0 Å². The molecule has 0 amide bonds. The molecule has 0 aromatic heterocycles. The van der Waals surface area contributed by atoms with E-state index in [0.29, 0.717) is 12.1 Å². The number of hydrogen-bond donors (Lipinski definition) is 0. The van der Waals surface area contributed by atoms with Gasteiger partial charge in [0.05, 0.1) is 6.67 Å². The first-order chi connectivity index (χ1) is 6.61. The summed E-state index contributed by atoms with van der Waals surface area (Å²) >= 11 is 0. The maximum Gasteiger partial charge on any atom is 0.0511 e.